The number of benzene rings is 1. The third kappa shape index (κ3) is 5.33. The first-order valence-electron chi connectivity index (χ1n) is 6.86. The first-order valence-corrected chi connectivity index (χ1v) is 7.66. The number of hydrogen-bond donors (Lipinski definition) is 0. The molecular weight excluding hydrogens is 306 g/mol. The van der Waals surface area contributed by atoms with Crippen LogP contribution in [0.15, 0.2) is 28.7 Å². The van der Waals surface area contributed by atoms with Gasteiger partial charge in [0, 0.05) is 17.4 Å². The Morgan fingerprint density at radius 2 is 1.84 bits per heavy atom. The molecule has 0 amide bonds. The Bertz CT molecular complexity index is 399. The lowest BCUT2D eigenvalue weighted by molar-refractivity contribution is -0.121. The van der Waals surface area contributed by atoms with Gasteiger partial charge in [-0.1, -0.05) is 22.4 Å². The van der Waals surface area contributed by atoms with Crippen LogP contribution in [-0.2, 0) is 4.79 Å². The topological polar surface area (TPSA) is 29.5 Å². The lowest BCUT2D eigenvalue weighted by Gasteiger charge is -2.25. The third-order valence-corrected chi connectivity index (χ3v) is 3.90. The highest BCUT2D eigenvalue weighted by Crippen LogP contribution is 2.16. The molecule has 1 aromatic carbocycles. The van der Waals surface area contributed by atoms with E-state index in [0.29, 0.717) is 6.42 Å². The fourth-order valence-corrected chi connectivity index (χ4v) is 2.50. The molecule has 104 valence electrons. The van der Waals surface area contributed by atoms with Crippen molar-refractivity contribution in [2.75, 3.05) is 26.2 Å². The summed E-state index contributed by atoms with van der Waals surface area (Å²) in [5.41, 5.74) is 0. The summed E-state index contributed by atoms with van der Waals surface area (Å²) in [7, 11) is 0. The molecule has 1 heterocycles. The molecule has 0 aromatic heterocycles. The monoisotopic (exact) mass is 325 g/mol. The molecule has 0 atom stereocenters. The minimum absolute atomic E-state index is 0.175. The summed E-state index contributed by atoms with van der Waals surface area (Å²) in [4.78, 5) is 14.1. The highest BCUT2D eigenvalue weighted by atomic mass is 79.9. The Kier molecular flexibility index (Phi) is 5.86. The number of likely N-dealkylation sites (tertiary alicyclic amines) is 1. The molecule has 1 aliphatic rings. The van der Waals surface area contributed by atoms with E-state index in [1.807, 2.05) is 24.3 Å². The minimum atomic E-state index is 0.175. The predicted octanol–water partition coefficient (Wildman–Crippen LogP) is 3.27. The number of piperidine rings is 1. The first-order chi connectivity index (χ1) is 9.24. The molecule has 2 rings (SSSR count). The number of halogens is 1. The summed E-state index contributed by atoms with van der Waals surface area (Å²) in [6.07, 6.45) is 4.46. The Hall–Kier alpha value is -0.870. The molecule has 0 bridgehead atoms. The summed E-state index contributed by atoms with van der Waals surface area (Å²) in [5, 5.41) is 0. The second-order valence-corrected chi connectivity index (χ2v) is 5.85. The molecule has 4 heteroatoms. The van der Waals surface area contributed by atoms with Gasteiger partial charge in [-0.05, 0) is 50.2 Å². The van der Waals surface area contributed by atoms with Crippen molar-refractivity contribution in [1.82, 2.24) is 4.90 Å². The second kappa shape index (κ2) is 7.65. The summed E-state index contributed by atoms with van der Waals surface area (Å²) in [6.45, 7) is 3.33. The van der Waals surface area contributed by atoms with E-state index in [0.717, 1.165) is 29.9 Å². The molecule has 0 unspecified atom stereocenters. The predicted molar refractivity (Wildman–Crippen MR) is 79.6 cm³/mol. The van der Waals surface area contributed by atoms with E-state index in [4.69, 9.17) is 4.74 Å². The largest absolute Gasteiger partial charge is 0.486 e. The van der Waals surface area contributed by atoms with Crippen LogP contribution in [0.2, 0.25) is 0 Å². The average molecular weight is 326 g/mol. The molecule has 0 N–H and O–H groups in total. The molecule has 19 heavy (non-hydrogen) atoms. The molecular formula is C15H20BrNO2. The number of carbonyl (C=O) groups excluding carboxylic acids is 1. The Morgan fingerprint density at radius 1 is 1.16 bits per heavy atom. The summed E-state index contributed by atoms with van der Waals surface area (Å²) in [6, 6.07) is 7.55. The number of ketones is 1. The van der Waals surface area contributed by atoms with Crippen LogP contribution in [0, 0.1) is 0 Å². The van der Waals surface area contributed by atoms with E-state index in [1.54, 1.807) is 0 Å². The average Bonchev–Trinajstić information content (AvgIpc) is 2.45. The highest BCUT2D eigenvalue weighted by Gasteiger charge is 2.11. The number of nitrogens with zero attached hydrogens (tertiary/aromatic N) is 1. The van der Waals surface area contributed by atoms with E-state index in [1.165, 1.54) is 19.3 Å². The maximum absolute atomic E-state index is 11.8. The van der Waals surface area contributed by atoms with Gasteiger partial charge >= 0.3 is 0 Å². The quantitative estimate of drug-likeness (QED) is 0.803. The zero-order valence-corrected chi connectivity index (χ0v) is 12.7. The molecule has 0 spiro atoms. The van der Waals surface area contributed by atoms with Crippen LogP contribution in [-0.4, -0.2) is 36.9 Å². The normalized spacial score (nSPS) is 16.3. The van der Waals surface area contributed by atoms with Crippen LogP contribution in [0.1, 0.15) is 25.7 Å². The molecule has 0 saturated carbocycles. The molecule has 3 nitrogen and oxygen atoms in total. The van der Waals surface area contributed by atoms with Gasteiger partial charge < -0.3 is 9.64 Å². The van der Waals surface area contributed by atoms with Gasteiger partial charge in [0.2, 0.25) is 0 Å². The van der Waals surface area contributed by atoms with Crippen molar-refractivity contribution in [3.63, 3.8) is 0 Å². The molecule has 1 fully saturated rings. The maximum Gasteiger partial charge on any atom is 0.171 e. The highest BCUT2D eigenvalue weighted by molar-refractivity contribution is 9.10. The van der Waals surface area contributed by atoms with E-state index in [9.17, 15) is 4.79 Å². The number of hydrogen-bond acceptors (Lipinski definition) is 3. The van der Waals surface area contributed by atoms with Crippen LogP contribution in [0.25, 0.3) is 0 Å². The number of rotatable bonds is 6. The molecule has 0 aliphatic carbocycles. The van der Waals surface area contributed by atoms with E-state index in [2.05, 4.69) is 20.8 Å². The van der Waals surface area contributed by atoms with E-state index >= 15 is 0 Å². The van der Waals surface area contributed by atoms with E-state index in [-0.39, 0.29) is 12.4 Å². The SMILES string of the molecule is O=C(CCN1CCCCC1)COc1ccc(Br)cc1. The molecule has 0 radical (unpaired) electrons. The fourth-order valence-electron chi connectivity index (χ4n) is 2.23. The van der Waals surface area contributed by atoms with Crippen LogP contribution in [0.3, 0.4) is 0 Å². The molecule has 1 saturated heterocycles. The van der Waals surface area contributed by atoms with E-state index < -0.39 is 0 Å². The van der Waals surface area contributed by atoms with Gasteiger partial charge in [-0.3, -0.25) is 4.79 Å². The number of Topliss-reactive ketones (excluding diaryl/α,β-unsaturated/α-hetero) is 1. The smallest absolute Gasteiger partial charge is 0.171 e. The van der Waals surface area contributed by atoms with Crippen LogP contribution in [0.4, 0.5) is 0 Å². The standard InChI is InChI=1S/C15H20BrNO2/c16-13-4-6-15(7-5-13)19-12-14(18)8-11-17-9-2-1-3-10-17/h4-7H,1-3,8-12H2. The van der Waals surface area contributed by atoms with Crippen molar-refractivity contribution >= 4 is 21.7 Å². The lowest BCUT2D eigenvalue weighted by Crippen LogP contribution is -2.32. The summed E-state index contributed by atoms with van der Waals surface area (Å²) >= 11 is 3.37. The van der Waals surface area contributed by atoms with Crippen molar-refractivity contribution < 1.29 is 9.53 Å². The Morgan fingerprint density at radius 3 is 2.53 bits per heavy atom. The van der Waals surface area contributed by atoms with Gasteiger partial charge in [-0.25, -0.2) is 0 Å². The molecule has 1 aliphatic heterocycles. The number of ether oxygens (including phenoxy) is 1. The van der Waals surface area contributed by atoms with Gasteiger partial charge in [0.1, 0.15) is 12.4 Å². The minimum Gasteiger partial charge on any atom is -0.486 e. The van der Waals surface area contributed by atoms with Crippen LogP contribution < -0.4 is 4.74 Å². The van der Waals surface area contributed by atoms with Crippen molar-refractivity contribution in [1.29, 1.82) is 0 Å². The van der Waals surface area contributed by atoms with Gasteiger partial charge in [-0.2, -0.15) is 0 Å². The summed E-state index contributed by atoms with van der Waals surface area (Å²) in [5.74, 6) is 0.919. The zero-order chi connectivity index (χ0) is 13.5. The van der Waals surface area contributed by atoms with Gasteiger partial charge in [0.25, 0.3) is 0 Å². The summed E-state index contributed by atoms with van der Waals surface area (Å²) < 4.78 is 6.48. The van der Waals surface area contributed by atoms with Gasteiger partial charge in [0.05, 0.1) is 0 Å². The van der Waals surface area contributed by atoms with Gasteiger partial charge in [-0.15, -0.1) is 0 Å². The zero-order valence-electron chi connectivity index (χ0n) is 11.1. The van der Waals surface area contributed by atoms with Crippen LogP contribution >= 0.6 is 15.9 Å². The van der Waals surface area contributed by atoms with Gasteiger partial charge in [0.15, 0.2) is 5.78 Å². The van der Waals surface area contributed by atoms with Crippen molar-refractivity contribution in [3.05, 3.63) is 28.7 Å². The van der Waals surface area contributed by atoms with Crippen molar-refractivity contribution in [3.8, 4) is 5.75 Å². The Balaban J connectivity index is 1.65. The Labute approximate surface area is 123 Å². The number of carbonyl (C=O) groups is 1. The fraction of sp³-hybridized carbons (Fsp3) is 0.533. The van der Waals surface area contributed by atoms with Crippen molar-refractivity contribution in [2.24, 2.45) is 0 Å². The maximum atomic E-state index is 11.8. The lowest BCUT2D eigenvalue weighted by atomic mass is 10.1. The molecule has 1 aromatic rings. The van der Waals surface area contributed by atoms with Crippen molar-refractivity contribution in [2.45, 2.75) is 25.7 Å². The van der Waals surface area contributed by atoms with Crippen LogP contribution in [0.5, 0.6) is 5.75 Å². The second-order valence-electron chi connectivity index (χ2n) is 4.93. The third-order valence-electron chi connectivity index (χ3n) is 3.37. The first kappa shape index (κ1) is 14.5.